The Morgan fingerprint density at radius 1 is 1.17 bits per heavy atom. The molecule has 1 aromatic carbocycles. The maximum absolute atomic E-state index is 12.3. The summed E-state index contributed by atoms with van der Waals surface area (Å²) in [6.07, 6.45) is 5.92. The number of aromatic nitrogens is 3. The Hall–Kier alpha value is -3.28. The monoisotopic (exact) mass is 387 g/mol. The molecule has 1 amide bonds. The molecule has 0 bridgehead atoms. The first kappa shape index (κ1) is 19.1. The molecule has 1 aliphatic heterocycles. The van der Waals surface area contributed by atoms with Crippen LogP contribution in [-0.4, -0.2) is 38.8 Å². The van der Waals surface area contributed by atoms with Crippen LogP contribution in [0.15, 0.2) is 60.9 Å². The van der Waals surface area contributed by atoms with E-state index < -0.39 is 0 Å². The van der Waals surface area contributed by atoms with Gasteiger partial charge in [0.05, 0.1) is 5.69 Å². The second-order valence-electron chi connectivity index (χ2n) is 7.30. The molecule has 29 heavy (non-hydrogen) atoms. The second-order valence-corrected chi connectivity index (χ2v) is 7.30. The zero-order valence-corrected chi connectivity index (χ0v) is 16.6. The molecule has 3 heterocycles. The Bertz CT molecular complexity index is 962. The molecular weight excluding hydrogens is 362 g/mol. The molecule has 0 aliphatic carbocycles. The van der Waals surface area contributed by atoms with Crippen molar-refractivity contribution in [2.24, 2.45) is 0 Å². The van der Waals surface area contributed by atoms with Gasteiger partial charge < -0.3 is 10.2 Å². The summed E-state index contributed by atoms with van der Waals surface area (Å²) in [5.74, 6) is 1.89. The molecular formula is C23H25N5O. The summed E-state index contributed by atoms with van der Waals surface area (Å²) in [7, 11) is 0. The van der Waals surface area contributed by atoms with E-state index in [4.69, 9.17) is 9.97 Å². The van der Waals surface area contributed by atoms with Gasteiger partial charge in [0.1, 0.15) is 11.6 Å². The van der Waals surface area contributed by atoms with E-state index in [9.17, 15) is 4.79 Å². The highest BCUT2D eigenvalue weighted by Crippen LogP contribution is 2.29. The summed E-state index contributed by atoms with van der Waals surface area (Å²) in [5, 5.41) is 3.38. The molecule has 0 saturated carbocycles. The maximum Gasteiger partial charge on any atom is 0.222 e. The van der Waals surface area contributed by atoms with Crippen molar-refractivity contribution < 1.29 is 4.79 Å². The Morgan fingerprint density at radius 3 is 2.79 bits per heavy atom. The lowest BCUT2D eigenvalue weighted by Gasteiger charge is -2.17. The van der Waals surface area contributed by atoms with E-state index in [1.807, 2.05) is 66.6 Å². The van der Waals surface area contributed by atoms with Crippen LogP contribution < -0.4 is 5.32 Å². The van der Waals surface area contributed by atoms with Gasteiger partial charge in [-0.15, -0.1) is 0 Å². The molecule has 3 aromatic rings. The number of para-hydroxylation sites is 1. The molecule has 0 spiro atoms. The number of benzene rings is 1. The first-order valence-electron chi connectivity index (χ1n) is 10.1. The van der Waals surface area contributed by atoms with E-state index in [0.717, 1.165) is 48.0 Å². The van der Waals surface area contributed by atoms with Gasteiger partial charge in [-0.1, -0.05) is 25.1 Å². The van der Waals surface area contributed by atoms with Crippen LogP contribution in [0.4, 0.5) is 11.5 Å². The van der Waals surface area contributed by atoms with Crippen molar-refractivity contribution >= 4 is 17.4 Å². The summed E-state index contributed by atoms with van der Waals surface area (Å²) in [6, 6.07) is 15.8. The number of hydrogen-bond acceptors (Lipinski definition) is 5. The van der Waals surface area contributed by atoms with Crippen LogP contribution in [0.2, 0.25) is 0 Å². The smallest absolute Gasteiger partial charge is 0.222 e. The molecule has 1 saturated heterocycles. The summed E-state index contributed by atoms with van der Waals surface area (Å²) >= 11 is 0. The lowest BCUT2D eigenvalue weighted by Crippen LogP contribution is -2.28. The van der Waals surface area contributed by atoms with Crippen molar-refractivity contribution in [2.75, 3.05) is 18.4 Å². The Labute approximate surface area is 171 Å². The lowest BCUT2D eigenvalue weighted by molar-refractivity contribution is -0.130. The van der Waals surface area contributed by atoms with E-state index in [0.29, 0.717) is 13.0 Å². The lowest BCUT2D eigenvalue weighted by atomic mass is 10.1. The molecule has 0 radical (unpaired) electrons. The van der Waals surface area contributed by atoms with Gasteiger partial charge >= 0.3 is 0 Å². The minimum absolute atomic E-state index is 0.142. The fourth-order valence-corrected chi connectivity index (χ4v) is 3.61. The van der Waals surface area contributed by atoms with Crippen molar-refractivity contribution in [2.45, 2.75) is 32.1 Å². The molecule has 0 unspecified atom stereocenters. The summed E-state index contributed by atoms with van der Waals surface area (Å²) in [4.78, 5) is 28.1. The van der Waals surface area contributed by atoms with E-state index in [1.165, 1.54) is 0 Å². The molecule has 1 atom stereocenters. The minimum Gasteiger partial charge on any atom is -0.342 e. The highest BCUT2D eigenvalue weighted by molar-refractivity contribution is 5.76. The van der Waals surface area contributed by atoms with Crippen molar-refractivity contribution in [3.63, 3.8) is 0 Å². The van der Waals surface area contributed by atoms with Crippen LogP contribution in [-0.2, 0) is 4.79 Å². The zero-order chi connectivity index (χ0) is 20.1. The number of nitrogens with zero attached hydrogens (tertiary/aromatic N) is 4. The average Bonchev–Trinajstić information content (AvgIpc) is 3.26. The number of nitrogens with one attached hydrogen (secondary N) is 1. The molecule has 148 valence electrons. The fraction of sp³-hybridized carbons (Fsp3) is 0.304. The second kappa shape index (κ2) is 8.82. The molecule has 6 heteroatoms. The first-order valence-corrected chi connectivity index (χ1v) is 10.1. The van der Waals surface area contributed by atoms with Crippen molar-refractivity contribution in [1.82, 2.24) is 19.9 Å². The maximum atomic E-state index is 12.3. The zero-order valence-electron chi connectivity index (χ0n) is 16.6. The standard InChI is InChI=1S/C23H25N5O/c1-2-7-22(29)28-13-11-18(16-28)23-26-20(17-8-6-12-24-15-17)14-21(27-23)25-19-9-4-3-5-10-19/h3-6,8-10,12,14-15,18H,2,7,11,13,16H2,1H3,(H,25,26,27)/t18-/m0/s1. The molecule has 1 aliphatic rings. The summed E-state index contributed by atoms with van der Waals surface area (Å²) < 4.78 is 0. The molecule has 4 rings (SSSR count). The number of pyridine rings is 1. The number of hydrogen-bond donors (Lipinski definition) is 1. The Kier molecular flexibility index (Phi) is 5.79. The van der Waals surface area contributed by atoms with Gasteiger partial charge in [0, 0.05) is 55.1 Å². The number of rotatable bonds is 6. The molecule has 1 fully saturated rings. The van der Waals surface area contributed by atoms with Crippen LogP contribution in [0, 0.1) is 0 Å². The fourth-order valence-electron chi connectivity index (χ4n) is 3.61. The number of anilines is 2. The summed E-state index contributed by atoms with van der Waals surface area (Å²) in [6.45, 7) is 3.49. The Morgan fingerprint density at radius 2 is 2.03 bits per heavy atom. The highest BCUT2D eigenvalue weighted by Gasteiger charge is 2.29. The van der Waals surface area contributed by atoms with Gasteiger partial charge in [-0.2, -0.15) is 0 Å². The molecule has 1 N–H and O–H groups in total. The highest BCUT2D eigenvalue weighted by atomic mass is 16.2. The number of carbonyl (C=O) groups excluding carboxylic acids is 1. The molecule has 2 aromatic heterocycles. The first-order chi connectivity index (χ1) is 14.2. The third kappa shape index (κ3) is 4.59. The van der Waals surface area contributed by atoms with Gasteiger partial charge in [-0.25, -0.2) is 9.97 Å². The van der Waals surface area contributed by atoms with Gasteiger partial charge in [0.2, 0.25) is 5.91 Å². The third-order valence-corrected chi connectivity index (χ3v) is 5.12. The topological polar surface area (TPSA) is 71.0 Å². The van der Waals surface area contributed by atoms with Gasteiger partial charge in [0.25, 0.3) is 0 Å². The van der Waals surface area contributed by atoms with Crippen molar-refractivity contribution in [3.8, 4) is 11.3 Å². The number of amides is 1. The molecule has 6 nitrogen and oxygen atoms in total. The van der Waals surface area contributed by atoms with Crippen LogP contribution in [0.3, 0.4) is 0 Å². The largest absolute Gasteiger partial charge is 0.342 e. The average molecular weight is 387 g/mol. The third-order valence-electron chi connectivity index (χ3n) is 5.12. The van der Waals surface area contributed by atoms with Gasteiger partial charge in [0.15, 0.2) is 0 Å². The van der Waals surface area contributed by atoms with Gasteiger partial charge in [-0.3, -0.25) is 9.78 Å². The van der Waals surface area contributed by atoms with E-state index >= 15 is 0 Å². The van der Waals surface area contributed by atoms with E-state index in [-0.39, 0.29) is 11.8 Å². The van der Waals surface area contributed by atoms with Gasteiger partial charge in [-0.05, 0) is 37.1 Å². The van der Waals surface area contributed by atoms with Crippen LogP contribution in [0.1, 0.15) is 37.9 Å². The number of likely N-dealkylation sites (tertiary alicyclic amines) is 1. The number of carbonyl (C=O) groups is 1. The van der Waals surface area contributed by atoms with Crippen molar-refractivity contribution in [3.05, 3.63) is 66.7 Å². The van der Waals surface area contributed by atoms with Crippen LogP contribution in [0.5, 0.6) is 0 Å². The Balaban J connectivity index is 1.64. The van der Waals surface area contributed by atoms with Crippen LogP contribution in [0.25, 0.3) is 11.3 Å². The quantitative estimate of drug-likeness (QED) is 0.679. The van der Waals surface area contributed by atoms with Crippen molar-refractivity contribution in [1.29, 1.82) is 0 Å². The predicted octanol–water partition coefficient (Wildman–Crippen LogP) is 4.40. The predicted molar refractivity (Wildman–Crippen MR) is 114 cm³/mol. The van der Waals surface area contributed by atoms with E-state index in [2.05, 4.69) is 10.3 Å². The SMILES string of the molecule is CCCC(=O)N1CC[C@H](c2nc(Nc3ccccc3)cc(-c3cccnc3)n2)C1. The minimum atomic E-state index is 0.142. The van der Waals surface area contributed by atoms with E-state index in [1.54, 1.807) is 6.20 Å². The van der Waals surface area contributed by atoms with Crippen LogP contribution >= 0.6 is 0 Å². The normalized spacial score (nSPS) is 16.0. The summed E-state index contributed by atoms with van der Waals surface area (Å²) in [5.41, 5.74) is 2.75.